The van der Waals surface area contributed by atoms with Crippen molar-refractivity contribution in [1.29, 1.82) is 0 Å². The van der Waals surface area contributed by atoms with Crippen LogP contribution in [0.25, 0.3) is 0 Å². The summed E-state index contributed by atoms with van der Waals surface area (Å²) in [7, 11) is -0.0146. The van der Waals surface area contributed by atoms with Gasteiger partial charge in [0.05, 0.1) is 10.9 Å². The molecular weight excluding hydrogens is 322 g/mol. The van der Waals surface area contributed by atoms with Gasteiger partial charge >= 0.3 is 0 Å². The number of hydrogen-bond donors (Lipinski definition) is 1. The molecule has 0 unspecified atom stereocenters. The zero-order valence-electron chi connectivity index (χ0n) is 14.3. The fourth-order valence-corrected chi connectivity index (χ4v) is 4.60. The second kappa shape index (κ2) is 8.95. The summed E-state index contributed by atoms with van der Waals surface area (Å²) in [5.41, 5.74) is 1.22. The van der Waals surface area contributed by atoms with Crippen molar-refractivity contribution in [3.05, 3.63) is 115 Å². The van der Waals surface area contributed by atoms with Crippen molar-refractivity contribution >= 4 is 10.9 Å². The Labute approximate surface area is 152 Å². The number of rotatable bonds is 3. The van der Waals surface area contributed by atoms with Crippen LogP contribution in [-0.4, -0.2) is 4.98 Å². The first-order chi connectivity index (χ1) is 12.3. The second-order valence-electron chi connectivity index (χ2n) is 5.60. The molecule has 4 aromatic rings. The largest absolute Gasteiger partial charge is 0.365 e. The predicted octanol–water partition coefficient (Wildman–Crippen LogP) is 6.11. The Morgan fingerprint density at radius 3 is 1.16 bits per heavy atom. The number of H-pyrrole nitrogens is 1. The number of aromatic amines is 1. The Morgan fingerprint density at radius 1 is 0.520 bits per heavy atom. The molecule has 0 spiro atoms. The highest BCUT2D eigenvalue weighted by atomic mass is 32.2. The average Bonchev–Trinajstić information content (AvgIpc) is 3.16. The van der Waals surface area contributed by atoms with Crippen molar-refractivity contribution < 1.29 is 0 Å². The van der Waals surface area contributed by atoms with Crippen LogP contribution in [0.3, 0.4) is 0 Å². The average molecular weight is 345 g/mol. The van der Waals surface area contributed by atoms with Crippen LogP contribution in [0.1, 0.15) is 5.69 Å². The molecule has 1 aromatic heterocycles. The molecule has 0 atom stereocenters. The summed E-state index contributed by atoms with van der Waals surface area (Å²) in [5.74, 6) is 0. The molecule has 0 bridgehead atoms. The molecule has 1 nitrogen and oxygen atoms in total. The lowest BCUT2D eigenvalue weighted by molar-refractivity contribution is 1.27. The Balaban J connectivity index is 0.000000258. The van der Waals surface area contributed by atoms with Gasteiger partial charge in [0.15, 0.2) is 14.7 Å². The molecule has 3 aromatic carbocycles. The summed E-state index contributed by atoms with van der Waals surface area (Å²) in [5, 5.41) is 0. The molecule has 1 heterocycles. The van der Waals surface area contributed by atoms with E-state index in [4.69, 9.17) is 0 Å². The van der Waals surface area contributed by atoms with E-state index in [0.717, 1.165) is 0 Å². The molecule has 0 radical (unpaired) electrons. The Morgan fingerprint density at radius 2 is 0.920 bits per heavy atom. The third-order valence-corrected chi connectivity index (χ3v) is 5.92. The lowest BCUT2D eigenvalue weighted by atomic mass is 10.4. The minimum atomic E-state index is -0.0146. The smallest absolute Gasteiger partial charge is 0.166 e. The van der Waals surface area contributed by atoms with Crippen LogP contribution in [0, 0.1) is 6.92 Å². The van der Waals surface area contributed by atoms with Crippen molar-refractivity contribution in [2.24, 2.45) is 0 Å². The van der Waals surface area contributed by atoms with Gasteiger partial charge in [0.25, 0.3) is 0 Å². The van der Waals surface area contributed by atoms with Crippen molar-refractivity contribution in [2.75, 3.05) is 0 Å². The predicted molar refractivity (Wildman–Crippen MR) is 107 cm³/mol. The highest BCUT2D eigenvalue weighted by Crippen LogP contribution is 2.30. The Hall–Kier alpha value is -2.71. The first kappa shape index (κ1) is 17.1. The summed E-state index contributed by atoms with van der Waals surface area (Å²) < 4.78 is 0. The van der Waals surface area contributed by atoms with E-state index in [9.17, 15) is 0 Å². The van der Waals surface area contributed by atoms with Crippen molar-refractivity contribution in [1.82, 2.24) is 4.98 Å². The maximum atomic E-state index is 3.00. The van der Waals surface area contributed by atoms with E-state index in [1.807, 2.05) is 25.3 Å². The van der Waals surface area contributed by atoms with Gasteiger partial charge in [0.1, 0.15) is 0 Å². The van der Waals surface area contributed by atoms with Crippen LogP contribution in [0.5, 0.6) is 0 Å². The summed E-state index contributed by atoms with van der Waals surface area (Å²) >= 11 is 0. The second-order valence-corrected chi connectivity index (χ2v) is 7.63. The number of benzene rings is 3. The van der Waals surface area contributed by atoms with Gasteiger partial charge in [-0.3, -0.25) is 0 Å². The molecule has 4 rings (SSSR count). The summed E-state index contributed by atoms with van der Waals surface area (Å²) in [6.45, 7) is 2.03. The minimum absolute atomic E-state index is 0.0146. The molecule has 1 N–H and O–H groups in total. The van der Waals surface area contributed by atoms with Gasteiger partial charge in [0, 0.05) is 11.9 Å². The highest BCUT2D eigenvalue weighted by molar-refractivity contribution is 7.97. The third kappa shape index (κ3) is 4.88. The molecule has 0 amide bonds. The van der Waals surface area contributed by atoms with Crippen LogP contribution >= 0.6 is 0 Å². The van der Waals surface area contributed by atoms with E-state index >= 15 is 0 Å². The molecule has 0 aliphatic rings. The molecule has 0 aliphatic carbocycles. The van der Waals surface area contributed by atoms with Crippen LogP contribution in [0.4, 0.5) is 0 Å². The zero-order valence-corrected chi connectivity index (χ0v) is 15.1. The van der Waals surface area contributed by atoms with E-state index in [2.05, 4.69) is 96.0 Å². The van der Waals surface area contributed by atoms with Crippen molar-refractivity contribution in [2.45, 2.75) is 21.6 Å². The molecule has 0 fully saturated rings. The van der Waals surface area contributed by atoms with Gasteiger partial charge in [0.2, 0.25) is 0 Å². The quantitative estimate of drug-likeness (QED) is 0.432. The van der Waals surface area contributed by atoms with Gasteiger partial charge in [-0.05, 0) is 55.5 Å². The van der Waals surface area contributed by atoms with Gasteiger partial charge in [-0.2, -0.15) is 0 Å². The fourth-order valence-electron chi connectivity index (χ4n) is 2.50. The number of aromatic nitrogens is 1. The van der Waals surface area contributed by atoms with Crippen molar-refractivity contribution in [3.63, 3.8) is 0 Å². The maximum Gasteiger partial charge on any atom is 0.166 e. The summed E-state index contributed by atoms with van der Waals surface area (Å²) in [4.78, 5) is 7.08. The molecule has 0 saturated heterocycles. The summed E-state index contributed by atoms with van der Waals surface area (Å²) in [6.07, 6.45) is 1.91. The summed E-state index contributed by atoms with van der Waals surface area (Å²) in [6, 6.07) is 36.2. The molecule has 124 valence electrons. The molecule has 0 saturated carbocycles. The van der Waals surface area contributed by atoms with E-state index in [1.54, 1.807) is 0 Å². The first-order valence-electron chi connectivity index (χ1n) is 8.34. The van der Waals surface area contributed by atoms with Gasteiger partial charge in [-0.1, -0.05) is 54.6 Å². The SMILES string of the molecule is Cc1ccc[nH]1.c1ccc([S+](c2ccccc2)c2ccccc2)cc1. The topological polar surface area (TPSA) is 15.8 Å². The van der Waals surface area contributed by atoms with E-state index in [-0.39, 0.29) is 10.9 Å². The van der Waals surface area contributed by atoms with Crippen LogP contribution in [0.2, 0.25) is 0 Å². The van der Waals surface area contributed by atoms with Crippen molar-refractivity contribution in [3.8, 4) is 0 Å². The normalized spacial score (nSPS) is 10.2. The number of aryl methyl sites for hydroxylation is 1. The lowest BCUT2D eigenvalue weighted by Crippen LogP contribution is -2.04. The zero-order chi connectivity index (χ0) is 17.3. The van der Waals surface area contributed by atoms with Crippen LogP contribution in [0.15, 0.2) is 124 Å². The van der Waals surface area contributed by atoms with Crippen LogP contribution in [-0.2, 0) is 10.9 Å². The molecular formula is C23H22NS+. The monoisotopic (exact) mass is 344 g/mol. The Bertz CT molecular complexity index is 747. The third-order valence-electron chi connectivity index (χ3n) is 3.69. The molecule has 25 heavy (non-hydrogen) atoms. The number of hydrogen-bond acceptors (Lipinski definition) is 0. The first-order valence-corrected chi connectivity index (χ1v) is 9.56. The lowest BCUT2D eigenvalue weighted by Gasteiger charge is -2.07. The van der Waals surface area contributed by atoms with E-state index in [0.29, 0.717) is 0 Å². The molecule has 2 heteroatoms. The number of nitrogens with one attached hydrogen (secondary N) is 1. The maximum absolute atomic E-state index is 3.00. The van der Waals surface area contributed by atoms with Gasteiger partial charge < -0.3 is 4.98 Å². The van der Waals surface area contributed by atoms with Gasteiger partial charge in [-0.15, -0.1) is 0 Å². The fraction of sp³-hybridized carbons (Fsp3) is 0.0435. The van der Waals surface area contributed by atoms with E-state index in [1.165, 1.54) is 20.4 Å². The highest BCUT2D eigenvalue weighted by Gasteiger charge is 2.27. The molecule has 0 aliphatic heterocycles. The minimum Gasteiger partial charge on any atom is -0.365 e. The standard InChI is InChI=1S/C18H15S.C5H7N/c1-4-10-16(11-5-1)19(17-12-6-2-7-13-17)18-14-8-3-9-15-18;1-5-3-2-4-6-5/h1-15H;2-4,6H,1H3/q+1;. The van der Waals surface area contributed by atoms with Crippen LogP contribution < -0.4 is 0 Å². The van der Waals surface area contributed by atoms with Gasteiger partial charge in [-0.25, -0.2) is 0 Å². The Kier molecular flexibility index (Phi) is 6.13. The van der Waals surface area contributed by atoms with E-state index < -0.39 is 0 Å².